The molecule has 1 N–H and O–H groups in total. The average molecular weight is 321 g/mol. The van der Waals surface area contributed by atoms with E-state index in [1.54, 1.807) is 19.0 Å². The van der Waals surface area contributed by atoms with Gasteiger partial charge in [-0.05, 0) is 38.3 Å². The van der Waals surface area contributed by atoms with Crippen LogP contribution in [-0.4, -0.2) is 61.3 Å². The van der Waals surface area contributed by atoms with E-state index < -0.39 is 0 Å². The first kappa shape index (κ1) is 16.3. The Balaban J connectivity index is 1.71. The maximum atomic E-state index is 12.0. The van der Waals surface area contributed by atoms with E-state index in [-0.39, 0.29) is 18.2 Å². The predicted molar refractivity (Wildman–Crippen MR) is 87.4 cm³/mol. The molecule has 2 fully saturated rings. The van der Waals surface area contributed by atoms with E-state index in [2.05, 4.69) is 23.2 Å². The summed E-state index contributed by atoms with van der Waals surface area (Å²) in [5, 5.41) is 3.10. The molecule has 2 aliphatic heterocycles. The molecule has 0 spiro atoms. The second-order valence-corrected chi connectivity index (χ2v) is 6.88. The first-order chi connectivity index (χ1) is 11.0. The van der Waals surface area contributed by atoms with Gasteiger partial charge in [-0.2, -0.15) is 0 Å². The minimum absolute atomic E-state index is 0.0346. The molecule has 0 aliphatic carbocycles. The molecule has 1 aromatic rings. The van der Waals surface area contributed by atoms with E-state index in [0.717, 1.165) is 44.1 Å². The number of nitrogens with one attached hydrogen (secondary N) is 1. The lowest BCUT2D eigenvalue weighted by molar-refractivity contribution is -0.0215. The Morgan fingerprint density at radius 3 is 2.87 bits per heavy atom. The Morgan fingerprint density at radius 2 is 2.22 bits per heavy atom. The summed E-state index contributed by atoms with van der Waals surface area (Å²) in [5.74, 6) is 1.97. The summed E-state index contributed by atoms with van der Waals surface area (Å²) in [6, 6.07) is 2.43. The number of nitrogens with zero attached hydrogens (tertiary/aromatic N) is 2. The Hall–Kier alpha value is -1.53. The van der Waals surface area contributed by atoms with Crippen LogP contribution in [0.2, 0.25) is 0 Å². The van der Waals surface area contributed by atoms with Gasteiger partial charge in [-0.3, -0.25) is 4.90 Å². The molecule has 0 unspecified atom stereocenters. The number of ether oxygens (including phenoxy) is 1. The Labute approximate surface area is 137 Å². The normalized spacial score (nSPS) is 27.7. The van der Waals surface area contributed by atoms with Crippen LogP contribution >= 0.6 is 0 Å². The lowest BCUT2D eigenvalue weighted by Gasteiger charge is -2.32. The van der Waals surface area contributed by atoms with Crippen LogP contribution in [0.4, 0.5) is 4.79 Å². The number of carbonyl (C=O) groups excluding carboxylic acids is 1. The van der Waals surface area contributed by atoms with Crippen molar-refractivity contribution < 1.29 is 13.9 Å². The molecule has 6 nitrogen and oxygen atoms in total. The lowest BCUT2D eigenvalue weighted by atomic mass is 10.0. The number of urea groups is 1. The van der Waals surface area contributed by atoms with Crippen LogP contribution in [0.25, 0.3) is 0 Å². The Kier molecular flexibility index (Phi) is 4.64. The molecular weight excluding hydrogens is 294 g/mol. The highest BCUT2D eigenvalue weighted by atomic mass is 16.5. The van der Waals surface area contributed by atoms with Crippen LogP contribution in [0.5, 0.6) is 0 Å². The maximum Gasteiger partial charge on any atom is 0.317 e. The topological polar surface area (TPSA) is 58.0 Å². The van der Waals surface area contributed by atoms with E-state index in [1.165, 1.54) is 5.56 Å². The van der Waals surface area contributed by atoms with Gasteiger partial charge < -0.3 is 19.4 Å². The molecule has 6 heteroatoms. The van der Waals surface area contributed by atoms with Gasteiger partial charge in [0, 0.05) is 33.3 Å². The summed E-state index contributed by atoms with van der Waals surface area (Å²) < 4.78 is 11.8. The Morgan fingerprint density at radius 1 is 1.43 bits per heavy atom. The summed E-state index contributed by atoms with van der Waals surface area (Å²) in [7, 11) is 3.52. The second-order valence-electron chi connectivity index (χ2n) is 6.88. The second kappa shape index (κ2) is 6.53. The summed E-state index contributed by atoms with van der Waals surface area (Å²) in [6.07, 6.45) is 2.25. The van der Waals surface area contributed by atoms with Crippen LogP contribution in [0, 0.1) is 13.8 Å². The van der Waals surface area contributed by atoms with Crippen LogP contribution < -0.4 is 5.32 Å². The van der Waals surface area contributed by atoms with Crippen molar-refractivity contribution in [2.45, 2.75) is 51.4 Å². The van der Waals surface area contributed by atoms with Gasteiger partial charge in [-0.15, -0.1) is 0 Å². The third-order valence-electron chi connectivity index (χ3n) is 4.92. The van der Waals surface area contributed by atoms with Crippen LogP contribution in [-0.2, 0) is 11.3 Å². The van der Waals surface area contributed by atoms with E-state index in [0.29, 0.717) is 6.04 Å². The molecule has 0 bridgehead atoms. The third-order valence-corrected chi connectivity index (χ3v) is 4.92. The minimum Gasteiger partial charge on any atom is -0.465 e. The molecule has 2 saturated heterocycles. The summed E-state index contributed by atoms with van der Waals surface area (Å²) >= 11 is 0. The average Bonchev–Trinajstić information content (AvgIpc) is 3.01. The molecule has 0 aromatic carbocycles. The van der Waals surface area contributed by atoms with Crippen molar-refractivity contribution in [2.75, 3.05) is 27.2 Å². The largest absolute Gasteiger partial charge is 0.465 e. The van der Waals surface area contributed by atoms with Crippen LogP contribution in [0.3, 0.4) is 0 Å². The van der Waals surface area contributed by atoms with Crippen molar-refractivity contribution in [3.63, 3.8) is 0 Å². The minimum atomic E-state index is -0.0607. The molecule has 128 valence electrons. The standard InChI is InChI=1S/C17H27N3O3/c1-11-8-13(23-12(11)2)9-20-10-14(18-17(21)19(3)4)16-15(20)6-5-7-22-16/h8,14-16H,5-7,9-10H2,1-4H3,(H,18,21)/t14-,15+,16+/m1/s1. The number of amides is 2. The van der Waals surface area contributed by atoms with Gasteiger partial charge in [0.25, 0.3) is 0 Å². The highest BCUT2D eigenvalue weighted by molar-refractivity contribution is 5.74. The number of fused-ring (bicyclic) bond motifs is 1. The summed E-state index contributed by atoms with van der Waals surface area (Å²) in [5.41, 5.74) is 1.19. The molecule has 3 rings (SSSR count). The van der Waals surface area contributed by atoms with Gasteiger partial charge in [0.15, 0.2) is 0 Å². The van der Waals surface area contributed by atoms with Crippen molar-refractivity contribution in [3.8, 4) is 0 Å². The number of carbonyl (C=O) groups is 1. The lowest BCUT2D eigenvalue weighted by Crippen LogP contribution is -2.50. The van der Waals surface area contributed by atoms with Crippen LogP contribution in [0.1, 0.15) is 29.9 Å². The predicted octanol–water partition coefficient (Wildman–Crippen LogP) is 1.90. The smallest absolute Gasteiger partial charge is 0.317 e. The fraction of sp³-hybridized carbons (Fsp3) is 0.706. The van der Waals surface area contributed by atoms with Gasteiger partial charge in [0.1, 0.15) is 11.5 Å². The zero-order chi connectivity index (χ0) is 16.6. The molecular formula is C17H27N3O3. The van der Waals surface area contributed by atoms with Crippen molar-refractivity contribution >= 4 is 6.03 Å². The number of furan rings is 1. The quantitative estimate of drug-likeness (QED) is 0.924. The first-order valence-electron chi connectivity index (χ1n) is 8.35. The van der Waals surface area contributed by atoms with E-state index in [9.17, 15) is 4.79 Å². The fourth-order valence-corrected chi connectivity index (χ4v) is 3.58. The van der Waals surface area contributed by atoms with E-state index in [4.69, 9.17) is 9.15 Å². The number of rotatable bonds is 3. The molecule has 0 radical (unpaired) electrons. The number of aryl methyl sites for hydroxylation is 2. The van der Waals surface area contributed by atoms with Crippen molar-refractivity contribution in [2.24, 2.45) is 0 Å². The highest BCUT2D eigenvalue weighted by Gasteiger charge is 2.44. The monoisotopic (exact) mass is 321 g/mol. The first-order valence-corrected chi connectivity index (χ1v) is 8.35. The molecule has 2 aliphatic rings. The molecule has 0 saturated carbocycles. The molecule has 2 amide bonds. The fourth-order valence-electron chi connectivity index (χ4n) is 3.58. The van der Waals surface area contributed by atoms with Crippen LogP contribution in [0.15, 0.2) is 10.5 Å². The molecule has 1 aromatic heterocycles. The van der Waals surface area contributed by atoms with Gasteiger partial charge in [0.05, 0.1) is 18.7 Å². The molecule has 23 heavy (non-hydrogen) atoms. The summed E-state index contributed by atoms with van der Waals surface area (Å²) in [6.45, 7) is 6.41. The summed E-state index contributed by atoms with van der Waals surface area (Å²) in [4.78, 5) is 16.0. The zero-order valence-electron chi connectivity index (χ0n) is 14.5. The maximum absolute atomic E-state index is 12.0. The van der Waals surface area contributed by atoms with Crippen molar-refractivity contribution in [1.82, 2.24) is 15.1 Å². The number of likely N-dealkylation sites (tertiary alicyclic amines) is 1. The van der Waals surface area contributed by atoms with E-state index >= 15 is 0 Å². The number of hydrogen-bond donors (Lipinski definition) is 1. The van der Waals surface area contributed by atoms with Gasteiger partial charge in [-0.25, -0.2) is 4.79 Å². The van der Waals surface area contributed by atoms with Crippen molar-refractivity contribution in [1.29, 1.82) is 0 Å². The van der Waals surface area contributed by atoms with Gasteiger partial charge >= 0.3 is 6.03 Å². The van der Waals surface area contributed by atoms with Gasteiger partial charge in [-0.1, -0.05) is 0 Å². The van der Waals surface area contributed by atoms with E-state index in [1.807, 2.05) is 6.92 Å². The SMILES string of the molecule is Cc1cc(CN2C[C@@H](NC(=O)N(C)C)[C@@H]3OCCC[C@@H]32)oc1C. The van der Waals surface area contributed by atoms with Crippen molar-refractivity contribution in [3.05, 3.63) is 23.2 Å². The highest BCUT2D eigenvalue weighted by Crippen LogP contribution is 2.31. The number of hydrogen-bond acceptors (Lipinski definition) is 4. The third kappa shape index (κ3) is 3.38. The molecule has 3 heterocycles. The molecule has 3 atom stereocenters. The Bertz CT molecular complexity index is 550. The van der Waals surface area contributed by atoms with Gasteiger partial charge in [0.2, 0.25) is 0 Å². The zero-order valence-corrected chi connectivity index (χ0v) is 14.5.